The van der Waals surface area contributed by atoms with Gasteiger partial charge in [0.15, 0.2) is 11.5 Å². The summed E-state index contributed by atoms with van der Waals surface area (Å²) in [5.41, 5.74) is 9.45. The molecule has 6 heteroatoms. The minimum Gasteiger partial charge on any atom is -0.372 e. The van der Waals surface area contributed by atoms with Crippen LogP contribution < -0.4 is 5.32 Å². The van der Waals surface area contributed by atoms with Gasteiger partial charge >= 0.3 is 0 Å². The topological polar surface area (TPSA) is 45.5 Å². The molecule has 2 heterocycles. The largest absolute Gasteiger partial charge is 0.372 e. The lowest BCUT2D eigenvalue weighted by molar-refractivity contribution is 0.396. The van der Waals surface area contributed by atoms with Crippen molar-refractivity contribution in [1.82, 2.24) is 19.3 Å². The number of rotatable bonds is 10. The highest BCUT2D eigenvalue weighted by Gasteiger charge is 2.16. The average Bonchev–Trinajstić information content (AvgIpc) is 3.30. The van der Waals surface area contributed by atoms with E-state index in [9.17, 15) is 0 Å². The fraction of sp³-hybridized carbons (Fsp3) is 0.333. The van der Waals surface area contributed by atoms with Crippen molar-refractivity contribution in [2.24, 2.45) is 0 Å². The summed E-state index contributed by atoms with van der Waals surface area (Å²) < 4.78 is 2.04. The summed E-state index contributed by atoms with van der Waals surface area (Å²) >= 11 is 6.78. The van der Waals surface area contributed by atoms with Crippen LogP contribution in [-0.4, -0.2) is 32.4 Å². The number of anilines is 2. The summed E-state index contributed by atoms with van der Waals surface area (Å²) in [6, 6.07) is 10.6. The number of hydrogen-bond acceptors (Lipinski definition) is 4. The number of aryl methyl sites for hydroxylation is 2. The van der Waals surface area contributed by atoms with Crippen LogP contribution in [0, 0.1) is 13.8 Å². The molecule has 1 N–H and O–H groups in total. The first-order valence-electron chi connectivity index (χ1n) is 12.8. The quantitative estimate of drug-likeness (QED) is 0.238. The van der Waals surface area contributed by atoms with Gasteiger partial charge in [-0.1, -0.05) is 57.2 Å². The Kier molecular flexibility index (Phi) is 8.00. The van der Waals surface area contributed by atoms with Gasteiger partial charge in [0.25, 0.3) is 0 Å². The lowest BCUT2D eigenvalue weighted by atomic mass is 10.0. The lowest BCUT2D eigenvalue weighted by Gasteiger charge is -2.27. The highest BCUT2D eigenvalue weighted by molar-refractivity contribution is 6.34. The zero-order valence-electron chi connectivity index (χ0n) is 22.0. The van der Waals surface area contributed by atoms with E-state index in [0.717, 1.165) is 71.2 Å². The molecule has 4 aromatic rings. The second kappa shape index (κ2) is 11.2. The minimum absolute atomic E-state index is 0.700. The summed E-state index contributed by atoms with van der Waals surface area (Å²) in [7, 11) is 0. The van der Waals surface area contributed by atoms with E-state index >= 15 is 0 Å². The zero-order chi connectivity index (χ0) is 25.8. The van der Waals surface area contributed by atoms with Crippen molar-refractivity contribution in [3.8, 4) is 11.3 Å². The van der Waals surface area contributed by atoms with Crippen LogP contribution in [-0.2, 0) is 6.42 Å². The maximum absolute atomic E-state index is 6.78. The smallest absolute Gasteiger partial charge is 0.180 e. The Balaban J connectivity index is 1.64. The first-order valence-corrected chi connectivity index (χ1v) is 13.2. The van der Waals surface area contributed by atoms with E-state index in [2.05, 4.69) is 86.7 Å². The van der Waals surface area contributed by atoms with Crippen molar-refractivity contribution in [1.29, 1.82) is 0 Å². The second-order valence-corrected chi connectivity index (χ2v) is 9.64. The molecule has 0 atom stereocenters. The molecule has 0 fully saturated rings. The molecule has 5 nitrogen and oxygen atoms in total. The van der Waals surface area contributed by atoms with Crippen molar-refractivity contribution in [2.45, 2.75) is 53.9 Å². The van der Waals surface area contributed by atoms with Gasteiger partial charge in [-0.15, -0.1) is 0 Å². The molecule has 0 radical (unpaired) electrons. The van der Waals surface area contributed by atoms with Gasteiger partial charge in [-0.3, -0.25) is 4.40 Å². The van der Waals surface area contributed by atoms with Gasteiger partial charge in [-0.2, -0.15) is 0 Å². The fourth-order valence-electron chi connectivity index (χ4n) is 4.81. The average molecular weight is 502 g/mol. The van der Waals surface area contributed by atoms with E-state index in [1.165, 1.54) is 16.7 Å². The normalized spacial score (nSPS) is 11.2. The summed E-state index contributed by atoms with van der Waals surface area (Å²) in [5, 5.41) is 4.24. The Morgan fingerprint density at radius 1 is 1.06 bits per heavy atom. The molecule has 0 saturated carbocycles. The summed E-state index contributed by atoms with van der Waals surface area (Å²) in [4.78, 5) is 11.7. The van der Waals surface area contributed by atoms with Crippen LogP contribution in [0.4, 0.5) is 11.5 Å². The molecule has 2 aromatic carbocycles. The molecule has 0 aliphatic carbocycles. The first kappa shape index (κ1) is 25.8. The Morgan fingerprint density at radius 2 is 1.81 bits per heavy atom. The molecule has 0 unspecified atom stereocenters. The number of benzene rings is 2. The zero-order valence-corrected chi connectivity index (χ0v) is 22.8. The Labute approximate surface area is 219 Å². The van der Waals surface area contributed by atoms with Crippen LogP contribution in [0.3, 0.4) is 0 Å². The molecule has 0 bridgehead atoms. The number of halogens is 1. The van der Waals surface area contributed by atoms with Crippen molar-refractivity contribution in [3.05, 3.63) is 82.8 Å². The Bertz CT molecular complexity index is 1380. The number of nitrogens with one attached hydrogen (secondary N) is 1. The SMILES string of the molecule is C=C(c1ccc(Nc2nccn3c(-c4ccc(CC)c(C)c4Cl)cnc23)cc1C)N(CCC)CCC. The Morgan fingerprint density at radius 3 is 2.47 bits per heavy atom. The molecular formula is C30H36ClN5. The van der Waals surface area contributed by atoms with Gasteiger partial charge in [0.1, 0.15) is 0 Å². The third-order valence-electron chi connectivity index (χ3n) is 6.75. The number of hydrogen-bond donors (Lipinski definition) is 1. The molecular weight excluding hydrogens is 466 g/mol. The van der Waals surface area contributed by atoms with E-state index in [1.807, 2.05) is 16.8 Å². The molecule has 2 aromatic heterocycles. The maximum atomic E-state index is 6.78. The summed E-state index contributed by atoms with van der Waals surface area (Å²) in [6.45, 7) is 17.2. The van der Waals surface area contributed by atoms with Gasteiger partial charge in [0.05, 0.1) is 16.9 Å². The molecule has 0 saturated heterocycles. The van der Waals surface area contributed by atoms with Crippen molar-refractivity contribution < 1.29 is 0 Å². The van der Waals surface area contributed by atoms with Crippen molar-refractivity contribution >= 4 is 34.5 Å². The monoisotopic (exact) mass is 501 g/mol. The van der Waals surface area contributed by atoms with Crippen LogP contribution >= 0.6 is 11.6 Å². The highest BCUT2D eigenvalue weighted by atomic mass is 35.5. The molecule has 188 valence electrons. The molecule has 0 spiro atoms. The highest BCUT2D eigenvalue weighted by Crippen LogP contribution is 2.34. The Hall–Kier alpha value is -3.31. The van der Waals surface area contributed by atoms with Gasteiger partial charge < -0.3 is 10.2 Å². The van der Waals surface area contributed by atoms with E-state index < -0.39 is 0 Å². The predicted molar refractivity (Wildman–Crippen MR) is 153 cm³/mol. The molecule has 0 amide bonds. The minimum atomic E-state index is 0.700. The number of imidazole rings is 1. The van der Waals surface area contributed by atoms with E-state index in [-0.39, 0.29) is 0 Å². The van der Waals surface area contributed by atoms with E-state index in [4.69, 9.17) is 16.6 Å². The fourth-order valence-corrected chi connectivity index (χ4v) is 5.09. The maximum Gasteiger partial charge on any atom is 0.180 e. The van der Waals surface area contributed by atoms with Crippen LogP contribution in [0.25, 0.3) is 22.6 Å². The van der Waals surface area contributed by atoms with Crippen LogP contribution in [0.5, 0.6) is 0 Å². The molecule has 0 aliphatic heterocycles. The van der Waals surface area contributed by atoms with E-state index in [1.54, 1.807) is 6.20 Å². The molecule has 4 rings (SSSR count). The number of fused-ring (bicyclic) bond motifs is 1. The third kappa shape index (κ3) is 4.98. The summed E-state index contributed by atoms with van der Waals surface area (Å²) in [6.07, 6.45) is 8.75. The van der Waals surface area contributed by atoms with Crippen LogP contribution in [0.15, 0.2) is 55.5 Å². The van der Waals surface area contributed by atoms with Crippen molar-refractivity contribution in [2.75, 3.05) is 18.4 Å². The third-order valence-corrected chi connectivity index (χ3v) is 7.24. The standard InChI is InChI=1S/C30H36ClN5/c1-7-15-35(16-8-2)22(6)25-13-11-24(18-20(25)4)34-29-30-33-19-27(36(30)17-14-32-29)26-12-10-23(9-3)21(5)28(26)31/h10-14,17-19H,6-9,15-16H2,1-5H3,(H,32,34). The van der Waals surface area contributed by atoms with Crippen LogP contribution in [0.1, 0.15) is 55.9 Å². The number of aromatic nitrogens is 3. The van der Waals surface area contributed by atoms with Gasteiger partial charge in [0.2, 0.25) is 0 Å². The molecule has 36 heavy (non-hydrogen) atoms. The lowest BCUT2D eigenvalue weighted by Crippen LogP contribution is -2.23. The predicted octanol–water partition coefficient (Wildman–Crippen LogP) is 8.07. The second-order valence-electron chi connectivity index (χ2n) is 9.27. The van der Waals surface area contributed by atoms with Crippen molar-refractivity contribution in [3.63, 3.8) is 0 Å². The van der Waals surface area contributed by atoms with Crippen LogP contribution in [0.2, 0.25) is 5.02 Å². The first-order chi connectivity index (χ1) is 17.4. The van der Waals surface area contributed by atoms with Gasteiger partial charge in [0, 0.05) is 48.0 Å². The van der Waals surface area contributed by atoms with E-state index in [0.29, 0.717) is 5.82 Å². The summed E-state index contributed by atoms with van der Waals surface area (Å²) in [5.74, 6) is 0.700. The van der Waals surface area contributed by atoms with Gasteiger partial charge in [-0.05, 0) is 61.9 Å². The van der Waals surface area contributed by atoms with Gasteiger partial charge in [-0.25, -0.2) is 9.97 Å². The molecule has 0 aliphatic rings. The number of nitrogens with zero attached hydrogens (tertiary/aromatic N) is 4.